The van der Waals surface area contributed by atoms with Crippen LogP contribution in [0.4, 0.5) is 9.59 Å². The van der Waals surface area contributed by atoms with Crippen molar-refractivity contribution >= 4 is 30.0 Å². The number of benzene rings is 4. The largest absolute Gasteiger partial charge is 0.489 e. The quantitative estimate of drug-likeness (QED) is 0.0451. The van der Waals surface area contributed by atoms with E-state index in [1.54, 1.807) is 63.1 Å². The number of hydrogen-bond acceptors (Lipinski definition) is 11. The van der Waals surface area contributed by atoms with Crippen molar-refractivity contribution in [1.82, 2.24) is 40.8 Å². The van der Waals surface area contributed by atoms with Gasteiger partial charge in [0.1, 0.15) is 24.7 Å². The van der Waals surface area contributed by atoms with Gasteiger partial charge in [0.05, 0.1) is 58.2 Å². The molecule has 0 bridgehead atoms. The zero-order chi connectivity index (χ0) is 55.2. The molecule has 396 valence electrons. The van der Waals surface area contributed by atoms with Crippen molar-refractivity contribution in [3.8, 4) is 45.4 Å². The Morgan fingerprint density at radius 1 is 0.618 bits per heavy atom. The molecule has 0 radical (unpaired) electrons. The fraction of sp³-hybridized carbons (Fsp3) is 0.259. The molecule has 76 heavy (non-hydrogen) atoms. The topological polar surface area (TPSA) is 226 Å². The van der Waals surface area contributed by atoms with Gasteiger partial charge in [-0.05, 0) is 127 Å². The van der Waals surface area contributed by atoms with Crippen LogP contribution < -0.4 is 30.7 Å². The van der Waals surface area contributed by atoms with Gasteiger partial charge < -0.3 is 45.3 Å². The molecule has 4 heterocycles. The highest BCUT2D eigenvalue weighted by Crippen LogP contribution is 2.38. The van der Waals surface area contributed by atoms with Crippen LogP contribution in [-0.4, -0.2) is 80.1 Å². The fourth-order valence-corrected chi connectivity index (χ4v) is 8.24. The summed E-state index contributed by atoms with van der Waals surface area (Å²) in [5.74, 6) is -0.338. The normalized spacial score (nSPS) is 14.9. The monoisotopic (exact) mass is 1030 g/mol. The molecule has 2 unspecified atom stereocenters. The molecule has 18 nitrogen and oxygen atoms in total. The van der Waals surface area contributed by atoms with E-state index in [4.69, 9.17) is 39.0 Å². The summed E-state index contributed by atoms with van der Waals surface area (Å²) in [5, 5.41) is 28.4. The predicted octanol–water partition coefficient (Wildman–Crippen LogP) is 10.1. The number of para-hydroxylation sites is 2. The van der Waals surface area contributed by atoms with Crippen LogP contribution in [0.15, 0.2) is 157 Å². The first kappa shape index (κ1) is 56.1. The average molecular weight is 1030 g/mol. The van der Waals surface area contributed by atoms with E-state index in [9.17, 15) is 19.2 Å². The molecule has 2 aliphatic rings. The number of aromatic nitrogens is 4. The number of ether oxygens (including phenoxy) is 4. The molecule has 8 rings (SSSR count). The third-order valence-corrected chi connectivity index (χ3v) is 11.4. The third kappa shape index (κ3) is 14.1. The highest BCUT2D eigenvalue weighted by atomic mass is 16.5. The SMILES string of the molecule is C=CCOc1ccc(-c2nn(-c3ccccc3)cc2C2NC(=O)NC(C)=C2C(=O)OC(C)C)cc1C.C=CCOc1ccc(-c2nn(-c3ccccc3)cc2C2NC(=O)NC(C)=C2C(=O)OC(C)C)cc1C.CC(=O)O. The minimum Gasteiger partial charge on any atom is -0.489 e. The number of carboxylic acids is 1. The van der Waals surface area contributed by atoms with Crippen molar-refractivity contribution in [3.63, 3.8) is 0 Å². The van der Waals surface area contributed by atoms with Crippen molar-refractivity contribution in [1.29, 1.82) is 0 Å². The number of amides is 4. The van der Waals surface area contributed by atoms with E-state index in [-0.39, 0.29) is 12.2 Å². The lowest BCUT2D eigenvalue weighted by molar-refractivity contribution is -0.144. The minimum absolute atomic E-state index is 0.312. The Balaban J connectivity index is 0.000000230. The number of allylic oxidation sites excluding steroid dienone is 2. The summed E-state index contributed by atoms with van der Waals surface area (Å²) in [5.41, 5.74) is 9.35. The lowest BCUT2D eigenvalue weighted by Gasteiger charge is -2.28. The van der Waals surface area contributed by atoms with E-state index in [0.717, 1.165) is 52.1 Å². The van der Waals surface area contributed by atoms with Crippen LogP contribution in [-0.2, 0) is 23.9 Å². The number of aryl methyl sites for hydroxylation is 2. The van der Waals surface area contributed by atoms with Crippen LogP contribution in [0.1, 0.15) is 82.8 Å². The van der Waals surface area contributed by atoms with Gasteiger partial charge in [0, 0.05) is 53.0 Å². The second kappa shape index (κ2) is 25.7. The number of carbonyl (C=O) groups is 5. The highest BCUT2D eigenvalue weighted by Gasteiger charge is 2.37. The maximum Gasteiger partial charge on any atom is 0.338 e. The highest BCUT2D eigenvalue weighted by molar-refractivity contribution is 5.96. The molecule has 0 saturated heterocycles. The molecule has 4 amide bonds. The summed E-state index contributed by atoms with van der Waals surface area (Å²) in [4.78, 5) is 60.2. The number of aliphatic carboxylic acids is 1. The fourth-order valence-electron chi connectivity index (χ4n) is 8.24. The number of carbonyl (C=O) groups excluding carboxylic acids is 4. The van der Waals surface area contributed by atoms with E-state index in [2.05, 4.69) is 34.4 Å². The number of rotatable bonds is 16. The molecule has 0 aliphatic carbocycles. The summed E-state index contributed by atoms with van der Waals surface area (Å²) >= 11 is 0. The van der Waals surface area contributed by atoms with Crippen LogP contribution in [0, 0.1) is 13.8 Å². The first-order valence-corrected chi connectivity index (χ1v) is 24.5. The second-order valence-corrected chi connectivity index (χ2v) is 18.2. The van der Waals surface area contributed by atoms with Crippen molar-refractivity contribution in [2.24, 2.45) is 0 Å². The molecule has 4 aromatic carbocycles. The predicted molar refractivity (Wildman–Crippen MR) is 289 cm³/mol. The van der Waals surface area contributed by atoms with Gasteiger partial charge in [0.2, 0.25) is 0 Å². The molecule has 0 spiro atoms. The maximum absolute atomic E-state index is 13.1. The first-order chi connectivity index (χ1) is 36.3. The first-order valence-electron chi connectivity index (χ1n) is 24.5. The van der Waals surface area contributed by atoms with Crippen LogP contribution in [0.3, 0.4) is 0 Å². The lowest BCUT2D eigenvalue weighted by Crippen LogP contribution is -2.45. The van der Waals surface area contributed by atoms with Crippen molar-refractivity contribution < 1.29 is 48.0 Å². The van der Waals surface area contributed by atoms with Gasteiger partial charge in [-0.15, -0.1) is 0 Å². The summed E-state index contributed by atoms with van der Waals surface area (Å²) < 4.78 is 26.0. The number of nitrogens with zero attached hydrogens (tertiary/aromatic N) is 4. The number of esters is 2. The molecule has 0 saturated carbocycles. The Kier molecular flexibility index (Phi) is 18.9. The number of nitrogens with one attached hydrogen (secondary N) is 4. The molecule has 0 fully saturated rings. The minimum atomic E-state index is -0.833. The van der Waals surface area contributed by atoms with Crippen LogP contribution in [0.2, 0.25) is 0 Å². The van der Waals surface area contributed by atoms with Crippen LogP contribution in [0.5, 0.6) is 11.5 Å². The average Bonchev–Trinajstić information content (AvgIpc) is 4.02. The van der Waals surface area contributed by atoms with Crippen molar-refractivity contribution in [2.75, 3.05) is 13.2 Å². The Bertz CT molecular complexity index is 2960. The summed E-state index contributed by atoms with van der Waals surface area (Å²) in [6.45, 7) is 23.7. The third-order valence-electron chi connectivity index (χ3n) is 11.4. The van der Waals surface area contributed by atoms with Crippen molar-refractivity contribution in [3.05, 3.63) is 180 Å². The zero-order valence-corrected chi connectivity index (χ0v) is 44.1. The molecule has 2 atom stereocenters. The Morgan fingerprint density at radius 3 is 1.29 bits per heavy atom. The van der Waals surface area contributed by atoms with E-state index in [0.29, 0.717) is 58.3 Å². The molecule has 18 heteroatoms. The Labute approximate surface area is 442 Å². The molecular weight excluding hydrogens is 969 g/mol. The summed E-state index contributed by atoms with van der Waals surface area (Å²) in [7, 11) is 0. The standard InChI is InChI=1S/2C28H30N4O4.C2H4O2/c2*1-6-14-35-23-13-12-20(15-18(23)4)25-22(16-32(31-25)21-10-8-7-9-11-21)26-24(27(33)36-17(2)3)19(5)29-28(34)30-26;1-2(3)4/h2*6-13,15-17,26H,1,14H2,2-5H3,(H2,29,30,34);1H3,(H,3,4). The van der Waals surface area contributed by atoms with E-state index in [1.165, 1.54) is 0 Å². The van der Waals surface area contributed by atoms with Gasteiger partial charge in [0.25, 0.3) is 5.97 Å². The van der Waals surface area contributed by atoms with E-state index in [1.807, 2.05) is 123 Å². The summed E-state index contributed by atoms with van der Waals surface area (Å²) in [6, 6.07) is 28.6. The molecule has 6 aromatic rings. The van der Waals surface area contributed by atoms with Crippen LogP contribution in [0.25, 0.3) is 33.9 Å². The van der Waals surface area contributed by atoms with Gasteiger partial charge in [-0.2, -0.15) is 10.2 Å². The van der Waals surface area contributed by atoms with E-state index < -0.39 is 42.1 Å². The second-order valence-electron chi connectivity index (χ2n) is 18.2. The smallest absolute Gasteiger partial charge is 0.338 e. The molecule has 2 aliphatic heterocycles. The number of carboxylic acid groups (broad SMARTS) is 1. The lowest BCUT2D eigenvalue weighted by atomic mass is 9.93. The Morgan fingerprint density at radius 2 is 0.974 bits per heavy atom. The molecular formula is C58H64N8O10. The number of urea groups is 2. The van der Waals surface area contributed by atoms with Gasteiger partial charge in [-0.3, -0.25) is 4.79 Å². The summed E-state index contributed by atoms with van der Waals surface area (Å²) in [6.07, 6.45) is 6.45. The molecule has 2 aromatic heterocycles. The number of hydrogen-bond donors (Lipinski definition) is 5. The van der Waals surface area contributed by atoms with Gasteiger partial charge >= 0.3 is 24.0 Å². The van der Waals surface area contributed by atoms with Crippen molar-refractivity contribution in [2.45, 2.75) is 86.6 Å². The molecule has 5 N–H and O–H groups in total. The van der Waals surface area contributed by atoms with Gasteiger partial charge in [-0.1, -0.05) is 61.7 Å². The van der Waals surface area contributed by atoms with Crippen LogP contribution >= 0.6 is 0 Å². The van der Waals surface area contributed by atoms with E-state index >= 15 is 0 Å². The maximum atomic E-state index is 13.1. The van der Waals surface area contributed by atoms with Gasteiger partial charge in [0.15, 0.2) is 0 Å². The zero-order valence-electron chi connectivity index (χ0n) is 44.1. The Hall–Kier alpha value is -9.19. The van der Waals surface area contributed by atoms with Gasteiger partial charge in [-0.25, -0.2) is 28.5 Å².